The van der Waals surface area contributed by atoms with Crippen LogP contribution in [0, 0.1) is 11.3 Å². The molecule has 2 spiro atoms. The third-order valence-corrected chi connectivity index (χ3v) is 10.1. The van der Waals surface area contributed by atoms with E-state index < -0.39 is 17.8 Å². The lowest BCUT2D eigenvalue weighted by atomic mass is 9.58. The van der Waals surface area contributed by atoms with Gasteiger partial charge in [0.15, 0.2) is 0 Å². The van der Waals surface area contributed by atoms with Crippen LogP contribution in [0.5, 0.6) is 5.88 Å². The second-order valence-corrected chi connectivity index (χ2v) is 12.0. The third kappa shape index (κ3) is 2.73. The van der Waals surface area contributed by atoms with Gasteiger partial charge >= 0.3 is 0 Å². The second-order valence-electron chi connectivity index (χ2n) is 12.0. The van der Waals surface area contributed by atoms with Crippen molar-refractivity contribution in [2.24, 2.45) is 11.3 Å². The average molecular weight is 487 g/mol. The number of aromatic hydroxyl groups is 1. The van der Waals surface area contributed by atoms with Crippen LogP contribution >= 0.6 is 0 Å². The molecule has 2 aromatic rings. The summed E-state index contributed by atoms with van der Waals surface area (Å²) in [6, 6.07) is 8.08. The molecule has 0 radical (unpaired) electrons. The minimum Gasteiger partial charge on any atom is -0.493 e. The number of rotatable bonds is 2. The number of aliphatic hydroxyl groups excluding tert-OH is 2. The lowest BCUT2D eigenvalue weighted by Crippen LogP contribution is -2.61. The van der Waals surface area contributed by atoms with Crippen molar-refractivity contribution in [1.29, 1.82) is 0 Å². The Morgan fingerprint density at radius 2 is 1.94 bits per heavy atom. The summed E-state index contributed by atoms with van der Waals surface area (Å²) in [4.78, 5) is 6.10. The molecule has 1 saturated heterocycles. The van der Waals surface area contributed by atoms with E-state index in [4.69, 9.17) is 4.74 Å². The number of aliphatic hydroxyl groups is 2. The highest BCUT2D eigenvalue weighted by atomic mass is 16.5. The zero-order chi connectivity index (χ0) is 25.0. The van der Waals surface area contributed by atoms with E-state index in [9.17, 15) is 15.3 Å². The molecule has 1 aromatic heterocycles. The normalized spacial score (nSPS) is 40.9. The number of benzene rings is 1. The van der Waals surface area contributed by atoms with Crippen LogP contribution < -0.4 is 0 Å². The number of hydrogen-bond donors (Lipinski definition) is 3. The van der Waals surface area contributed by atoms with Gasteiger partial charge in [-0.1, -0.05) is 37.3 Å². The predicted molar refractivity (Wildman–Crippen MR) is 138 cm³/mol. The Balaban J connectivity index is 1.30. The molecule has 0 amide bonds. The predicted octanol–water partition coefficient (Wildman–Crippen LogP) is 3.96. The molecule has 3 heterocycles. The summed E-state index contributed by atoms with van der Waals surface area (Å²) in [7, 11) is 3.93. The quantitative estimate of drug-likeness (QED) is 0.596. The zero-order valence-electron chi connectivity index (χ0n) is 21.1. The van der Waals surface area contributed by atoms with E-state index >= 15 is 0 Å². The SMILES string of the molecule is CN(C)[C@H]1C[C@@]23CC[C@@]4(O2)C(=CC[C@]2(C)C(c5ccc6ccnc(O)c6c5)=CCC24)C=C3[C@@H](O)[C@@H]1O. The van der Waals surface area contributed by atoms with E-state index in [-0.39, 0.29) is 28.9 Å². The van der Waals surface area contributed by atoms with Crippen LogP contribution in [0.3, 0.4) is 0 Å². The van der Waals surface area contributed by atoms with Gasteiger partial charge in [0.05, 0.1) is 17.3 Å². The molecule has 2 bridgehead atoms. The van der Waals surface area contributed by atoms with E-state index in [0.717, 1.165) is 47.6 Å². The summed E-state index contributed by atoms with van der Waals surface area (Å²) in [5.74, 6) is 0.357. The van der Waals surface area contributed by atoms with Crippen molar-refractivity contribution < 1.29 is 20.1 Å². The number of pyridine rings is 1. The summed E-state index contributed by atoms with van der Waals surface area (Å²) < 4.78 is 7.21. The van der Waals surface area contributed by atoms with Gasteiger partial charge < -0.3 is 25.0 Å². The number of nitrogens with zero attached hydrogens (tertiary/aromatic N) is 2. The Bertz CT molecular complexity index is 1380. The maximum Gasteiger partial charge on any atom is 0.218 e. The Hall–Kier alpha value is -2.51. The fourth-order valence-corrected chi connectivity index (χ4v) is 8.27. The monoisotopic (exact) mass is 486 g/mol. The van der Waals surface area contributed by atoms with E-state index in [1.807, 2.05) is 25.1 Å². The molecule has 6 heteroatoms. The van der Waals surface area contributed by atoms with Crippen molar-refractivity contribution in [2.45, 2.75) is 68.5 Å². The first-order valence-electron chi connectivity index (χ1n) is 13.1. The Morgan fingerprint density at radius 3 is 2.75 bits per heavy atom. The van der Waals surface area contributed by atoms with Crippen LogP contribution in [0.25, 0.3) is 16.3 Å². The second kappa shape index (κ2) is 7.29. The van der Waals surface area contributed by atoms with Crippen LogP contribution in [-0.4, -0.2) is 68.8 Å². The molecule has 1 unspecified atom stereocenters. The first-order chi connectivity index (χ1) is 17.2. The smallest absolute Gasteiger partial charge is 0.218 e. The molecular formula is C30H34N2O4. The van der Waals surface area contributed by atoms with Gasteiger partial charge in [-0.2, -0.15) is 0 Å². The maximum absolute atomic E-state index is 11.1. The Kier molecular flexibility index (Phi) is 4.59. The summed E-state index contributed by atoms with van der Waals surface area (Å²) in [5.41, 5.74) is 3.48. The molecule has 5 aliphatic rings. The minimum atomic E-state index is -0.910. The lowest BCUT2D eigenvalue weighted by molar-refractivity contribution is -0.161. The topological polar surface area (TPSA) is 86.1 Å². The zero-order valence-corrected chi connectivity index (χ0v) is 21.1. The molecule has 3 aliphatic carbocycles. The van der Waals surface area contributed by atoms with Crippen molar-refractivity contribution >= 4 is 16.3 Å². The molecule has 7 rings (SSSR count). The molecule has 2 aliphatic heterocycles. The highest BCUT2D eigenvalue weighted by Gasteiger charge is 2.67. The summed E-state index contributed by atoms with van der Waals surface area (Å²) >= 11 is 0. The number of hydrogen-bond acceptors (Lipinski definition) is 6. The van der Waals surface area contributed by atoms with Gasteiger partial charge in [-0.05, 0) is 86.0 Å². The van der Waals surface area contributed by atoms with E-state index in [1.165, 1.54) is 11.1 Å². The van der Waals surface area contributed by atoms with E-state index in [0.29, 0.717) is 6.42 Å². The first kappa shape index (κ1) is 22.7. The Labute approximate surface area is 211 Å². The van der Waals surface area contributed by atoms with E-state index in [1.54, 1.807) is 6.20 Å². The number of likely N-dealkylation sites (N-methyl/N-ethyl adjacent to an activating group) is 1. The van der Waals surface area contributed by atoms with Gasteiger partial charge in [-0.25, -0.2) is 4.98 Å². The molecule has 1 aromatic carbocycles. The van der Waals surface area contributed by atoms with Crippen molar-refractivity contribution in [3.8, 4) is 5.88 Å². The average Bonchev–Trinajstić information content (AvgIpc) is 3.37. The number of aromatic nitrogens is 1. The number of allylic oxidation sites excluding steroid dienone is 3. The lowest BCUT2D eigenvalue weighted by Gasteiger charge is -2.55. The van der Waals surface area contributed by atoms with Crippen molar-refractivity contribution in [1.82, 2.24) is 9.88 Å². The molecule has 7 atom stereocenters. The molecular weight excluding hydrogens is 452 g/mol. The van der Waals surface area contributed by atoms with Crippen LogP contribution in [0.15, 0.2) is 59.8 Å². The number of fused-ring (bicyclic) bond motifs is 2. The van der Waals surface area contributed by atoms with Gasteiger partial charge in [-0.15, -0.1) is 0 Å². The van der Waals surface area contributed by atoms with Crippen LogP contribution in [-0.2, 0) is 4.74 Å². The van der Waals surface area contributed by atoms with Gasteiger partial charge in [-0.3, -0.25) is 0 Å². The van der Waals surface area contributed by atoms with Crippen molar-refractivity contribution in [3.05, 3.63) is 65.4 Å². The van der Waals surface area contributed by atoms with Crippen molar-refractivity contribution in [2.75, 3.05) is 14.1 Å². The standard InChI is InChI=1S/C30H34N2O4/c1-28-10-8-19-15-22-25(33)26(34)23(32(2)3)16-29(22)11-12-30(19,36-29)24(28)7-6-21(28)18-5-4-17-9-13-31-27(35)20(17)14-18/h4-6,8-9,13-15,23-26,33-34H,7,10-12,16H2,1-3H3,(H,31,35)/t23-,24?,25+,26+,28+,29+,30+/m0/s1. The number of ether oxygens (including phenoxy) is 1. The molecule has 3 N–H and O–H groups in total. The molecule has 2 fully saturated rings. The van der Waals surface area contributed by atoms with Gasteiger partial charge in [0.1, 0.15) is 6.10 Å². The first-order valence-corrected chi connectivity index (χ1v) is 13.1. The third-order valence-electron chi connectivity index (χ3n) is 10.1. The van der Waals surface area contributed by atoms with Gasteiger partial charge in [0.25, 0.3) is 0 Å². The molecule has 6 nitrogen and oxygen atoms in total. The largest absolute Gasteiger partial charge is 0.493 e. The van der Waals surface area contributed by atoms with Gasteiger partial charge in [0, 0.05) is 29.0 Å². The van der Waals surface area contributed by atoms with Crippen molar-refractivity contribution in [3.63, 3.8) is 0 Å². The molecule has 36 heavy (non-hydrogen) atoms. The Morgan fingerprint density at radius 1 is 1.11 bits per heavy atom. The minimum absolute atomic E-state index is 0.0681. The van der Waals surface area contributed by atoms with Crippen LogP contribution in [0.4, 0.5) is 0 Å². The maximum atomic E-state index is 11.1. The summed E-state index contributed by atoms with van der Waals surface area (Å²) in [5, 5.41) is 34.2. The fourth-order valence-electron chi connectivity index (χ4n) is 8.27. The van der Waals surface area contributed by atoms with Crippen LogP contribution in [0.2, 0.25) is 0 Å². The van der Waals surface area contributed by atoms with Gasteiger partial charge in [0.2, 0.25) is 5.88 Å². The summed E-state index contributed by atoms with van der Waals surface area (Å²) in [6.45, 7) is 2.36. The van der Waals surface area contributed by atoms with E-state index in [2.05, 4.69) is 48.3 Å². The summed E-state index contributed by atoms with van der Waals surface area (Å²) in [6.07, 6.45) is 11.1. The van der Waals surface area contributed by atoms with Crippen LogP contribution in [0.1, 0.15) is 44.6 Å². The highest BCUT2D eigenvalue weighted by molar-refractivity contribution is 5.90. The molecule has 188 valence electrons. The molecule has 1 saturated carbocycles. The fraction of sp³-hybridized carbons (Fsp3) is 0.500. The highest BCUT2D eigenvalue weighted by Crippen LogP contribution is 2.67.